The van der Waals surface area contributed by atoms with Crippen molar-refractivity contribution in [3.63, 3.8) is 0 Å². The fourth-order valence-corrected chi connectivity index (χ4v) is 1.73. The number of hydrogen-bond acceptors (Lipinski definition) is 2. The molecule has 0 unspecified atom stereocenters. The summed E-state index contributed by atoms with van der Waals surface area (Å²) in [4.78, 5) is 6.71. The van der Waals surface area contributed by atoms with Crippen molar-refractivity contribution in [1.82, 2.24) is 4.90 Å². The molecule has 2 rings (SSSR count). The SMILES string of the molecule is CC1(C)CN(Cc2ccccc2)C=N1. The Balaban J connectivity index is 1.98. The lowest BCUT2D eigenvalue weighted by atomic mass is 10.1. The van der Waals surface area contributed by atoms with Crippen LogP contribution in [0.15, 0.2) is 35.3 Å². The Kier molecular flexibility index (Phi) is 2.28. The zero-order valence-corrected chi connectivity index (χ0v) is 8.77. The fourth-order valence-electron chi connectivity index (χ4n) is 1.73. The van der Waals surface area contributed by atoms with E-state index in [1.807, 2.05) is 12.4 Å². The largest absolute Gasteiger partial charge is 0.356 e. The molecule has 0 aromatic heterocycles. The van der Waals surface area contributed by atoms with E-state index >= 15 is 0 Å². The van der Waals surface area contributed by atoms with E-state index in [1.54, 1.807) is 0 Å². The summed E-state index contributed by atoms with van der Waals surface area (Å²) in [5, 5.41) is 0. The third-order valence-electron chi connectivity index (χ3n) is 2.39. The minimum atomic E-state index is 0.0920. The molecule has 0 aliphatic carbocycles. The van der Waals surface area contributed by atoms with Gasteiger partial charge in [0.15, 0.2) is 0 Å². The molecule has 0 saturated carbocycles. The standard InChI is InChI=1S/C12H16N2/c1-12(2)9-14(10-13-12)8-11-6-4-3-5-7-11/h3-7,10H,8-9H2,1-2H3. The van der Waals surface area contributed by atoms with Crippen LogP contribution >= 0.6 is 0 Å². The summed E-state index contributed by atoms with van der Waals surface area (Å²) in [6.45, 7) is 6.30. The maximum absolute atomic E-state index is 4.45. The molecular weight excluding hydrogens is 172 g/mol. The molecule has 0 saturated heterocycles. The zero-order valence-electron chi connectivity index (χ0n) is 8.77. The second-order valence-corrected chi connectivity index (χ2v) is 4.45. The number of benzene rings is 1. The molecule has 74 valence electrons. The van der Waals surface area contributed by atoms with E-state index in [0.29, 0.717) is 0 Å². The van der Waals surface area contributed by atoms with E-state index < -0.39 is 0 Å². The van der Waals surface area contributed by atoms with Gasteiger partial charge in [-0.05, 0) is 19.4 Å². The van der Waals surface area contributed by atoms with Crippen molar-refractivity contribution >= 4 is 6.34 Å². The van der Waals surface area contributed by atoms with Gasteiger partial charge in [-0.15, -0.1) is 0 Å². The first kappa shape index (κ1) is 9.25. The summed E-state index contributed by atoms with van der Waals surface area (Å²) in [6, 6.07) is 10.5. The first-order chi connectivity index (χ1) is 6.66. The highest BCUT2D eigenvalue weighted by Gasteiger charge is 2.24. The summed E-state index contributed by atoms with van der Waals surface area (Å²) in [7, 11) is 0. The van der Waals surface area contributed by atoms with Crippen molar-refractivity contribution in [2.24, 2.45) is 4.99 Å². The minimum Gasteiger partial charge on any atom is -0.356 e. The van der Waals surface area contributed by atoms with Crippen molar-refractivity contribution in [1.29, 1.82) is 0 Å². The molecule has 0 amide bonds. The van der Waals surface area contributed by atoms with E-state index in [9.17, 15) is 0 Å². The Labute approximate surface area is 85.3 Å². The lowest BCUT2D eigenvalue weighted by Gasteiger charge is -2.19. The zero-order chi connectivity index (χ0) is 10.0. The Bertz CT molecular complexity index is 327. The van der Waals surface area contributed by atoms with Crippen LogP contribution in [-0.4, -0.2) is 23.3 Å². The van der Waals surface area contributed by atoms with Gasteiger partial charge in [-0.1, -0.05) is 30.3 Å². The van der Waals surface area contributed by atoms with Crippen LogP contribution in [0.5, 0.6) is 0 Å². The fraction of sp³-hybridized carbons (Fsp3) is 0.417. The molecule has 0 N–H and O–H groups in total. The molecule has 2 heteroatoms. The molecular formula is C12H16N2. The highest BCUT2D eigenvalue weighted by Crippen LogP contribution is 2.17. The van der Waals surface area contributed by atoms with E-state index in [0.717, 1.165) is 13.1 Å². The third kappa shape index (κ3) is 2.13. The van der Waals surface area contributed by atoms with Crippen molar-refractivity contribution < 1.29 is 0 Å². The second-order valence-electron chi connectivity index (χ2n) is 4.45. The molecule has 0 atom stereocenters. The molecule has 1 heterocycles. The topological polar surface area (TPSA) is 15.6 Å². The molecule has 0 bridgehead atoms. The van der Waals surface area contributed by atoms with Crippen LogP contribution in [0.3, 0.4) is 0 Å². The Morgan fingerprint density at radius 1 is 1.29 bits per heavy atom. The van der Waals surface area contributed by atoms with Crippen LogP contribution in [0.4, 0.5) is 0 Å². The van der Waals surface area contributed by atoms with Gasteiger partial charge in [0.05, 0.1) is 11.9 Å². The number of nitrogens with zero attached hydrogens (tertiary/aromatic N) is 2. The summed E-state index contributed by atoms with van der Waals surface area (Å²) in [5.41, 5.74) is 1.44. The molecule has 2 nitrogen and oxygen atoms in total. The predicted octanol–water partition coefficient (Wildman–Crippen LogP) is 2.31. The van der Waals surface area contributed by atoms with Gasteiger partial charge in [0.25, 0.3) is 0 Å². The van der Waals surface area contributed by atoms with E-state index in [-0.39, 0.29) is 5.54 Å². The summed E-state index contributed by atoms with van der Waals surface area (Å²) >= 11 is 0. The summed E-state index contributed by atoms with van der Waals surface area (Å²) in [5.74, 6) is 0. The van der Waals surface area contributed by atoms with Crippen molar-refractivity contribution in [2.75, 3.05) is 6.54 Å². The van der Waals surface area contributed by atoms with Gasteiger partial charge in [0.2, 0.25) is 0 Å². The van der Waals surface area contributed by atoms with E-state index in [2.05, 4.69) is 48.0 Å². The molecule has 0 fully saturated rings. The van der Waals surface area contributed by atoms with Gasteiger partial charge >= 0.3 is 0 Å². The summed E-state index contributed by atoms with van der Waals surface area (Å²) in [6.07, 6.45) is 1.97. The van der Waals surface area contributed by atoms with Crippen LogP contribution in [-0.2, 0) is 6.54 Å². The Morgan fingerprint density at radius 3 is 2.57 bits per heavy atom. The van der Waals surface area contributed by atoms with Crippen LogP contribution in [0.2, 0.25) is 0 Å². The maximum atomic E-state index is 4.45. The van der Waals surface area contributed by atoms with Crippen LogP contribution in [0.25, 0.3) is 0 Å². The predicted molar refractivity (Wildman–Crippen MR) is 59.4 cm³/mol. The average Bonchev–Trinajstić information content (AvgIpc) is 2.47. The van der Waals surface area contributed by atoms with E-state index in [4.69, 9.17) is 0 Å². The second kappa shape index (κ2) is 3.45. The molecule has 0 spiro atoms. The minimum absolute atomic E-state index is 0.0920. The number of aliphatic imine (C=N–C) groups is 1. The van der Waals surface area contributed by atoms with Gasteiger partial charge in [-0.3, -0.25) is 4.99 Å². The monoisotopic (exact) mass is 188 g/mol. The summed E-state index contributed by atoms with van der Waals surface area (Å²) < 4.78 is 0. The van der Waals surface area contributed by atoms with Crippen molar-refractivity contribution in [3.8, 4) is 0 Å². The third-order valence-corrected chi connectivity index (χ3v) is 2.39. The smallest absolute Gasteiger partial charge is 0.0861 e. The van der Waals surface area contributed by atoms with Gasteiger partial charge in [-0.2, -0.15) is 0 Å². The highest BCUT2D eigenvalue weighted by molar-refractivity contribution is 5.59. The van der Waals surface area contributed by atoms with Gasteiger partial charge in [0, 0.05) is 13.1 Å². The normalized spacial score (nSPS) is 18.9. The molecule has 14 heavy (non-hydrogen) atoms. The van der Waals surface area contributed by atoms with Crippen molar-refractivity contribution in [2.45, 2.75) is 25.9 Å². The molecule has 1 aromatic carbocycles. The molecule has 1 aliphatic heterocycles. The lowest BCUT2D eigenvalue weighted by Crippen LogP contribution is -2.28. The Hall–Kier alpha value is -1.31. The lowest BCUT2D eigenvalue weighted by molar-refractivity contribution is 0.375. The maximum Gasteiger partial charge on any atom is 0.0861 e. The van der Waals surface area contributed by atoms with E-state index in [1.165, 1.54) is 5.56 Å². The van der Waals surface area contributed by atoms with Gasteiger partial charge in [0.1, 0.15) is 0 Å². The van der Waals surface area contributed by atoms with Crippen molar-refractivity contribution in [3.05, 3.63) is 35.9 Å². The average molecular weight is 188 g/mol. The van der Waals surface area contributed by atoms with Crippen LogP contribution < -0.4 is 0 Å². The highest BCUT2D eigenvalue weighted by atomic mass is 15.2. The molecule has 1 aromatic rings. The number of hydrogen-bond donors (Lipinski definition) is 0. The first-order valence-electron chi connectivity index (χ1n) is 4.99. The van der Waals surface area contributed by atoms with Gasteiger partial charge < -0.3 is 4.90 Å². The van der Waals surface area contributed by atoms with Crippen LogP contribution in [0, 0.1) is 0 Å². The van der Waals surface area contributed by atoms with Gasteiger partial charge in [-0.25, -0.2) is 0 Å². The Morgan fingerprint density at radius 2 is 2.00 bits per heavy atom. The quantitative estimate of drug-likeness (QED) is 0.695. The molecule has 1 aliphatic rings. The first-order valence-corrected chi connectivity index (χ1v) is 4.99. The molecule has 0 radical (unpaired) electrons. The number of rotatable bonds is 2. The van der Waals surface area contributed by atoms with Crippen LogP contribution in [0.1, 0.15) is 19.4 Å².